The Morgan fingerprint density at radius 2 is 1.92 bits per heavy atom. The molecule has 1 heterocycles. The lowest BCUT2D eigenvalue weighted by Gasteiger charge is -2.27. The number of aliphatic hydroxyl groups excluding tert-OH is 1. The lowest BCUT2D eigenvalue weighted by atomic mass is 9.95. The predicted molar refractivity (Wildman–Crippen MR) is 144 cm³/mol. The zero-order valence-electron chi connectivity index (χ0n) is 21.0. The van der Waals surface area contributed by atoms with Crippen molar-refractivity contribution < 1.29 is 27.4 Å². The van der Waals surface area contributed by atoms with Crippen LogP contribution < -0.4 is 15.4 Å². The van der Waals surface area contributed by atoms with Crippen LogP contribution in [-0.2, 0) is 27.8 Å². The molecule has 3 aromatic rings. The number of sulfonamides is 1. The van der Waals surface area contributed by atoms with Gasteiger partial charge in [0.2, 0.25) is 10.0 Å². The van der Waals surface area contributed by atoms with Crippen LogP contribution in [0.3, 0.4) is 0 Å². The van der Waals surface area contributed by atoms with Gasteiger partial charge >= 0.3 is 0 Å². The third-order valence-electron chi connectivity index (χ3n) is 5.93. The Kier molecular flexibility index (Phi) is 9.43. The Hall–Kier alpha value is -2.83. The van der Waals surface area contributed by atoms with E-state index >= 15 is 0 Å². The number of hydrogen-bond acceptors (Lipinski definition) is 7. The van der Waals surface area contributed by atoms with E-state index in [4.69, 9.17) is 10.5 Å². The normalized spacial score (nSPS) is 14.1. The summed E-state index contributed by atoms with van der Waals surface area (Å²) in [5.41, 5.74) is 8.15. The summed E-state index contributed by atoms with van der Waals surface area (Å²) >= 11 is 1.54. The molecule has 0 saturated carbocycles. The van der Waals surface area contributed by atoms with Crippen LogP contribution in [0.1, 0.15) is 40.0 Å². The van der Waals surface area contributed by atoms with Gasteiger partial charge in [-0.2, -0.15) is 11.3 Å². The van der Waals surface area contributed by atoms with Crippen molar-refractivity contribution in [2.75, 3.05) is 30.8 Å². The van der Waals surface area contributed by atoms with Crippen LogP contribution in [-0.4, -0.2) is 51.5 Å². The highest BCUT2D eigenvalue weighted by Crippen LogP contribution is 2.23. The summed E-state index contributed by atoms with van der Waals surface area (Å²) in [5.74, 6) is -0.802. The quantitative estimate of drug-likeness (QED) is 0.319. The molecular weight excluding hydrogens is 517 g/mol. The fraction of sp³-hybridized carbons (Fsp3) is 0.346. The maximum absolute atomic E-state index is 13.3. The average molecular weight is 550 g/mol. The number of carbonyl (C=O) groups is 1. The summed E-state index contributed by atoms with van der Waals surface area (Å²) in [7, 11) is -2.19. The summed E-state index contributed by atoms with van der Waals surface area (Å²) in [6, 6.07) is 12.0. The molecular formula is C26H32FN3O5S2. The molecule has 1 amide bonds. The fourth-order valence-electron chi connectivity index (χ4n) is 3.70. The van der Waals surface area contributed by atoms with Crippen LogP contribution >= 0.6 is 11.3 Å². The van der Waals surface area contributed by atoms with Gasteiger partial charge in [0, 0.05) is 12.6 Å². The third-order valence-corrected chi connectivity index (χ3v) is 7.87. The van der Waals surface area contributed by atoms with Crippen molar-refractivity contribution in [2.24, 2.45) is 5.73 Å². The molecule has 0 radical (unpaired) electrons. The number of nitrogens with zero attached hydrogens (tertiary/aromatic N) is 1. The van der Waals surface area contributed by atoms with Crippen LogP contribution in [0, 0.1) is 5.82 Å². The van der Waals surface area contributed by atoms with Crippen LogP contribution in [0.15, 0.2) is 59.3 Å². The number of anilines is 1. The Morgan fingerprint density at radius 1 is 1.22 bits per heavy atom. The van der Waals surface area contributed by atoms with Gasteiger partial charge in [0.25, 0.3) is 5.91 Å². The van der Waals surface area contributed by atoms with Crippen molar-refractivity contribution in [2.45, 2.75) is 31.5 Å². The number of ether oxygens (including phenoxy) is 1. The van der Waals surface area contributed by atoms with Gasteiger partial charge in [-0.25, -0.2) is 12.8 Å². The van der Waals surface area contributed by atoms with E-state index < -0.39 is 27.5 Å². The van der Waals surface area contributed by atoms with E-state index in [1.165, 1.54) is 36.6 Å². The van der Waals surface area contributed by atoms with Crippen LogP contribution in [0.25, 0.3) is 0 Å². The van der Waals surface area contributed by atoms with Crippen molar-refractivity contribution in [1.82, 2.24) is 5.32 Å². The molecule has 2 unspecified atom stereocenters. The van der Waals surface area contributed by atoms with Gasteiger partial charge in [0.15, 0.2) is 0 Å². The molecule has 8 nitrogen and oxygen atoms in total. The van der Waals surface area contributed by atoms with Crippen molar-refractivity contribution in [3.63, 3.8) is 0 Å². The minimum Gasteiger partial charge on any atom is -0.394 e. The lowest BCUT2D eigenvalue weighted by Crippen LogP contribution is -2.50. The maximum atomic E-state index is 13.3. The fourth-order valence-corrected chi connectivity index (χ4v) is 4.86. The summed E-state index contributed by atoms with van der Waals surface area (Å²) in [5, 5.41) is 16.6. The topological polar surface area (TPSA) is 122 Å². The van der Waals surface area contributed by atoms with E-state index in [2.05, 4.69) is 5.32 Å². The molecule has 0 aliphatic heterocycles. The second kappa shape index (κ2) is 12.1. The minimum atomic E-state index is -3.59. The Morgan fingerprint density at radius 3 is 2.51 bits per heavy atom. The number of hydrogen-bond donors (Lipinski definition) is 3. The Balaban J connectivity index is 1.79. The average Bonchev–Trinajstić information content (AvgIpc) is 3.35. The predicted octanol–water partition coefficient (Wildman–Crippen LogP) is 3.22. The van der Waals surface area contributed by atoms with Crippen molar-refractivity contribution in [3.8, 4) is 0 Å². The summed E-state index contributed by atoms with van der Waals surface area (Å²) in [6.07, 6.45) is 1.50. The summed E-state index contributed by atoms with van der Waals surface area (Å²) < 4.78 is 44.5. The Labute approximate surface area is 220 Å². The first-order chi connectivity index (χ1) is 17.4. The van der Waals surface area contributed by atoms with E-state index in [0.29, 0.717) is 17.7 Å². The van der Waals surface area contributed by atoms with Crippen LogP contribution in [0.5, 0.6) is 0 Å². The van der Waals surface area contributed by atoms with E-state index in [0.717, 1.165) is 21.7 Å². The number of carbonyl (C=O) groups excluding carboxylic acids is 1. The number of amides is 1. The van der Waals surface area contributed by atoms with Gasteiger partial charge in [0.1, 0.15) is 5.82 Å². The van der Waals surface area contributed by atoms with E-state index in [9.17, 15) is 22.7 Å². The molecule has 200 valence electrons. The first-order valence-electron chi connectivity index (χ1n) is 11.5. The maximum Gasteiger partial charge on any atom is 0.251 e. The first-order valence-corrected chi connectivity index (χ1v) is 14.3. The number of nitrogens with one attached hydrogen (secondary N) is 1. The lowest BCUT2D eigenvalue weighted by molar-refractivity contribution is 0.0458. The zero-order valence-corrected chi connectivity index (χ0v) is 22.6. The summed E-state index contributed by atoms with van der Waals surface area (Å²) in [4.78, 5) is 13.1. The SMILES string of the molecule is CC(NC(=O)c1cc(COCC(N)(CO)Cc2ccsc2)cc(N(C)S(C)(=O)=O)c1)c1ccc(F)cc1. The van der Waals surface area contributed by atoms with E-state index in [1.807, 2.05) is 16.8 Å². The number of aliphatic hydroxyl groups is 1. The highest BCUT2D eigenvalue weighted by Gasteiger charge is 2.26. The van der Waals surface area contributed by atoms with Crippen LogP contribution in [0.4, 0.5) is 10.1 Å². The van der Waals surface area contributed by atoms with Gasteiger partial charge in [-0.1, -0.05) is 12.1 Å². The number of thiophene rings is 1. The van der Waals surface area contributed by atoms with Crippen molar-refractivity contribution in [3.05, 3.63) is 87.4 Å². The van der Waals surface area contributed by atoms with Gasteiger partial charge in [-0.3, -0.25) is 9.10 Å². The van der Waals surface area contributed by atoms with Crippen molar-refractivity contribution in [1.29, 1.82) is 0 Å². The van der Waals surface area contributed by atoms with Gasteiger partial charge in [0.05, 0.1) is 43.3 Å². The molecule has 1 aromatic heterocycles. The second-order valence-corrected chi connectivity index (χ2v) is 12.0. The van der Waals surface area contributed by atoms with Crippen molar-refractivity contribution >= 4 is 33.0 Å². The molecule has 2 atom stereocenters. The third kappa shape index (κ3) is 8.08. The van der Waals surface area contributed by atoms with Gasteiger partial charge in [-0.05, 0) is 77.2 Å². The number of halogens is 1. The molecule has 0 aliphatic rings. The first kappa shape index (κ1) is 28.7. The smallest absolute Gasteiger partial charge is 0.251 e. The van der Waals surface area contributed by atoms with E-state index in [1.54, 1.807) is 31.2 Å². The van der Waals surface area contributed by atoms with Crippen LogP contribution in [0.2, 0.25) is 0 Å². The largest absolute Gasteiger partial charge is 0.394 e. The Bertz CT molecular complexity index is 1300. The molecule has 0 bridgehead atoms. The summed E-state index contributed by atoms with van der Waals surface area (Å²) in [6.45, 7) is 1.58. The molecule has 11 heteroatoms. The highest BCUT2D eigenvalue weighted by atomic mass is 32.2. The molecule has 0 saturated heterocycles. The standard InChI is InChI=1S/C26H32FN3O5S2/c1-18(21-4-6-23(27)7-5-21)29-25(32)22-10-20(11-24(12-22)30(2)37(3,33)34)14-35-17-26(28,16-31)13-19-8-9-36-15-19/h4-12,15,18,31H,13-14,16-17,28H2,1-3H3,(H,29,32). The molecule has 37 heavy (non-hydrogen) atoms. The molecule has 0 spiro atoms. The van der Waals surface area contributed by atoms with Gasteiger partial charge in [-0.15, -0.1) is 0 Å². The molecule has 2 aromatic carbocycles. The molecule has 3 rings (SSSR count). The highest BCUT2D eigenvalue weighted by molar-refractivity contribution is 7.92. The van der Waals surface area contributed by atoms with E-state index in [-0.39, 0.29) is 31.2 Å². The molecule has 0 fully saturated rings. The van der Waals surface area contributed by atoms with Gasteiger partial charge < -0.3 is 20.9 Å². The zero-order chi connectivity index (χ0) is 27.2. The molecule has 0 aliphatic carbocycles. The number of rotatable bonds is 12. The minimum absolute atomic E-state index is 0.0435. The second-order valence-electron chi connectivity index (χ2n) is 9.19. The molecule has 4 N–H and O–H groups in total. The number of benzene rings is 2. The number of nitrogens with two attached hydrogens (primary N) is 1. The monoisotopic (exact) mass is 549 g/mol.